The van der Waals surface area contributed by atoms with Gasteiger partial charge in [0.05, 0.1) is 12.6 Å². The first-order valence-corrected chi connectivity index (χ1v) is 9.24. The summed E-state index contributed by atoms with van der Waals surface area (Å²) in [6.07, 6.45) is 0.265. The highest BCUT2D eigenvalue weighted by Crippen LogP contribution is 2.22. The van der Waals surface area contributed by atoms with Crippen LogP contribution in [0.3, 0.4) is 0 Å². The highest BCUT2D eigenvalue weighted by molar-refractivity contribution is 6.30. The molecule has 1 aromatic rings. The number of Topliss-reactive ketones (excluding diaryl/α,β-unsaturated/α-hetero) is 1. The Morgan fingerprint density at radius 3 is 2.62 bits per heavy atom. The summed E-state index contributed by atoms with van der Waals surface area (Å²) in [6.45, 7) is 7.68. The molecule has 3 N–H and O–H groups in total. The van der Waals surface area contributed by atoms with Crippen molar-refractivity contribution in [2.45, 2.75) is 45.4 Å². The minimum Gasteiger partial charge on any atom is -0.444 e. The Kier molecular flexibility index (Phi) is 7.03. The summed E-state index contributed by atoms with van der Waals surface area (Å²) >= 11 is 5.91. The summed E-state index contributed by atoms with van der Waals surface area (Å²) in [5, 5.41) is 3.20. The van der Waals surface area contributed by atoms with Gasteiger partial charge >= 0.3 is 6.09 Å². The number of amides is 1. The molecule has 0 aliphatic carbocycles. The lowest BCUT2D eigenvalue weighted by Crippen LogP contribution is -2.45. The van der Waals surface area contributed by atoms with E-state index >= 15 is 0 Å². The fourth-order valence-corrected chi connectivity index (χ4v) is 3.13. The third-order valence-electron chi connectivity index (χ3n) is 4.31. The van der Waals surface area contributed by atoms with Crippen molar-refractivity contribution >= 4 is 23.5 Å². The Balaban J connectivity index is 1.77. The molecule has 0 aromatic heterocycles. The number of hydrogen-bond donors (Lipinski definition) is 2. The van der Waals surface area contributed by atoms with Gasteiger partial charge in [-0.05, 0) is 57.4 Å². The molecule has 1 saturated heterocycles. The SMILES string of the molecule is CC(C)(C)OC(=O)NCC(=O)C(N)C1CCN(Cc2ccc(Cl)cc2)C1. The topological polar surface area (TPSA) is 84.7 Å². The molecule has 7 heteroatoms. The molecule has 1 aliphatic heterocycles. The van der Waals surface area contributed by atoms with Crippen LogP contribution in [0.1, 0.15) is 32.8 Å². The Morgan fingerprint density at radius 1 is 1.35 bits per heavy atom. The third-order valence-corrected chi connectivity index (χ3v) is 4.57. The number of carbonyl (C=O) groups is 2. The number of nitrogens with two attached hydrogens (primary N) is 1. The minimum atomic E-state index is -0.603. The molecule has 0 saturated carbocycles. The fraction of sp³-hybridized carbons (Fsp3) is 0.579. The Morgan fingerprint density at radius 2 is 2.00 bits per heavy atom. The van der Waals surface area contributed by atoms with Crippen LogP contribution < -0.4 is 11.1 Å². The van der Waals surface area contributed by atoms with Crippen molar-refractivity contribution < 1.29 is 14.3 Å². The summed E-state index contributed by atoms with van der Waals surface area (Å²) in [6, 6.07) is 7.18. The van der Waals surface area contributed by atoms with Gasteiger partial charge < -0.3 is 15.8 Å². The molecule has 0 bridgehead atoms. The van der Waals surface area contributed by atoms with Crippen molar-refractivity contribution in [3.63, 3.8) is 0 Å². The highest BCUT2D eigenvalue weighted by atomic mass is 35.5. The smallest absolute Gasteiger partial charge is 0.408 e. The number of ether oxygens (including phenoxy) is 1. The summed E-state index contributed by atoms with van der Waals surface area (Å²) < 4.78 is 5.12. The van der Waals surface area contributed by atoms with E-state index in [0.29, 0.717) is 0 Å². The maximum atomic E-state index is 12.3. The number of rotatable bonds is 6. The number of likely N-dealkylation sites (tertiary alicyclic amines) is 1. The van der Waals surface area contributed by atoms with E-state index in [1.165, 1.54) is 5.56 Å². The van der Waals surface area contributed by atoms with Gasteiger partial charge in [-0.15, -0.1) is 0 Å². The number of carbonyl (C=O) groups excluding carboxylic acids is 2. The number of nitrogens with zero attached hydrogens (tertiary/aromatic N) is 1. The van der Waals surface area contributed by atoms with Crippen molar-refractivity contribution in [2.75, 3.05) is 19.6 Å². The molecule has 0 radical (unpaired) electrons. The molecule has 26 heavy (non-hydrogen) atoms. The second-order valence-corrected chi connectivity index (χ2v) is 8.19. The number of alkyl carbamates (subject to hydrolysis) is 1. The van der Waals surface area contributed by atoms with Crippen molar-refractivity contribution in [3.05, 3.63) is 34.9 Å². The summed E-state index contributed by atoms with van der Waals surface area (Å²) in [4.78, 5) is 26.2. The largest absolute Gasteiger partial charge is 0.444 e. The van der Waals surface area contributed by atoms with E-state index in [1.54, 1.807) is 20.8 Å². The first-order chi connectivity index (χ1) is 12.1. The first-order valence-electron chi connectivity index (χ1n) is 8.86. The average molecular weight is 382 g/mol. The molecule has 1 aliphatic rings. The monoisotopic (exact) mass is 381 g/mol. The van der Waals surface area contributed by atoms with Gasteiger partial charge in [-0.3, -0.25) is 9.69 Å². The lowest BCUT2D eigenvalue weighted by molar-refractivity contribution is -0.120. The average Bonchev–Trinajstić information content (AvgIpc) is 3.01. The number of ketones is 1. The third kappa shape index (κ3) is 6.59. The maximum Gasteiger partial charge on any atom is 0.408 e. The van der Waals surface area contributed by atoms with Gasteiger partial charge in [0.1, 0.15) is 5.60 Å². The lowest BCUT2D eigenvalue weighted by atomic mass is 9.96. The van der Waals surface area contributed by atoms with Gasteiger partial charge in [0.2, 0.25) is 0 Å². The van der Waals surface area contributed by atoms with Crippen LogP contribution in [0.15, 0.2) is 24.3 Å². The molecular formula is C19H28ClN3O3. The molecule has 144 valence electrons. The quantitative estimate of drug-likeness (QED) is 0.791. The lowest BCUT2D eigenvalue weighted by Gasteiger charge is -2.21. The van der Waals surface area contributed by atoms with Gasteiger partial charge in [0, 0.05) is 18.1 Å². The Bertz CT molecular complexity index is 628. The van der Waals surface area contributed by atoms with E-state index in [0.717, 1.165) is 31.1 Å². The zero-order valence-corrected chi connectivity index (χ0v) is 16.4. The number of halogens is 1. The van der Waals surface area contributed by atoms with Crippen molar-refractivity contribution in [1.82, 2.24) is 10.2 Å². The number of benzene rings is 1. The van der Waals surface area contributed by atoms with Gasteiger partial charge in [0.15, 0.2) is 5.78 Å². The Labute approximate surface area is 160 Å². The molecule has 0 spiro atoms. The summed E-state index contributed by atoms with van der Waals surface area (Å²) in [5.74, 6) is -0.0792. The second kappa shape index (κ2) is 8.84. The van der Waals surface area contributed by atoms with E-state index in [1.807, 2.05) is 24.3 Å². The van der Waals surface area contributed by atoms with Crippen molar-refractivity contribution in [2.24, 2.45) is 11.7 Å². The van der Waals surface area contributed by atoms with E-state index in [9.17, 15) is 9.59 Å². The van der Waals surface area contributed by atoms with Gasteiger partial charge in [0.25, 0.3) is 0 Å². The molecule has 1 heterocycles. The molecule has 2 unspecified atom stereocenters. The zero-order valence-electron chi connectivity index (χ0n) is 15.6. The molecule has 6 nitrogen and oxygen atoms in total. The van der Waals surface area contributed by atoms with Crippen LogP contribution in [-0.2, 0) is 16.1 Å². The normalized spacial score (nSPS) is 19.2. The second-order valence-electron chi connectivity index (χ2n) is 7.76. The van der Waals surface area contributed by atoms with E-state index < -0.39 is 17.7 Å². The molecule has 2 rings (SSSR count). The zero-order chi connectivity index (χ0) is 19.3. The Hall–Kier alpha value is -1.63. The van der Waals surface area contributed by atoms with E-state index in [-0.39, 0.29) is 18.2 Å². The predicted octanol–water partition coefficient (Wildman–Crippen LogP) is 2.58. The van der Waals surface area contributed by atoms with E-state index in [2.05, 4.69) is 10.2 Å². The van der Waals surface area contributed by atoms with Crippen LogP contribution in [0.25, 0.3) is 0 Å². The van der Waals surface area contributed by atoms with Crippen molar-refractivity contribution in [1.29, 1.82) is 0 Å². The van der Waals surface area contributed by atoms with E-state index in [4.69, 9.17) is 22.1 Å². The van der Waals surface area contributed by atoms with Gasteiger partial charge in [-0.2, -0.15) is 0 Å². The maximum absolute atomic E-state index is 12.3. The van der Waals surface area contributed by atoms with Crippen LogP contribution >= 0.6 is 11.6 Å². The molecule has 1 fully saturated rings. The van der Waals surface area contributed by atoms with Crippen LogP contribution in [0.5, 0.6) is 0 Å². The molecule has 1 amide bonds. The molecule has 2 atom stereocenters. The predicted molar refractivity (Wildman–Crippen MR) is 102 cm³/mol. The van der Waals surface area contributed by atoms with Crippen LogP contribution in [0, 0.1) is 5.92 Å². The fourth-order valence-electron chi connectivity index (χ4n) is 3.00. The minimum absolute atomic E-state index is 0.0928. The molecule has 1 aromatic carbocycles. The van der Waals surface area contributed by atoms with Crippen LogP contribution in [-0.4, -0.2) is 48.1 Å². The highest BCUT2D eigenvalue weighted by Gasteiger charge is 2.31. The summed E-state index contributed by atoms with van der Waals surface area (Å²) in [5.41, 5.74) is 6.71. The number of hydrogen-bond acceptors (Lipinski definition) is 5. The van der Waals surface area contributed by atoms with Gasteiger partial charge in [-0.1, -0.05) is 23.7 Å². The van der Waals surface area contributed by atoms with Crippen LogP contribution in [0.4, 0.5) is 4.79 Å². The van der Waals surface area contributed by atoms with Gasteiger partial charge in [-0.25, -0.2) is 4.79 Å². The first kappa shape index (κ1) is 20.7. The van der Waals surface area contributed by atoms with Crippen LogP contribution in [0.2, 0.25) is 5.02 Å². The standard InChI is InChI=1S/C19H28ClN3O3/c1-19(2,3)26-18(25)22-10-16(24)17(21)14-8-9-23(12-14)11-13-4-6-15(20)7-5-13/h4-7,14,17H,8-12,21H2,1-3H3,(H,22,25). The van der Waals surface area contributed by atoms with Crippen molar-refractivity contribution in [3.8, 4) is 0 Å². The molecular weight excluding hydrogens is 354 g/mol. The summed E-state index contributed by atoms with van der Waals surface area (Å²) in [7, 11) is 0. The number of nitrogens with one attached hydrogen (secondary N) is 1.